The molecule has 0 aliphatic rings. The first kappa shape index (κ1) is 13.2. The molecule has 1 unspecified atom stereocenters. The molecule has 100 valence electrons. The predicted octanol–water partition coefficient (Wildman–Crippen LogP) is 1.59. The first-order chi connectivity index (χ1) is 9.08. The van der Waals surface area contributed by atoms with Crippen molar-refractivity contribution in [2.75, 3.05) is 6.54 Å². The van der Waals surface area contributed by atoms with Gasteiger partial charge in [-0.3, -0.25) is 4.79 Å². The molecule has 1 atom stereocenters. The number of nitrogens with one attached hydrogen (secondary N) is 1. The number of carbonyl (C=O) groups is 1. The topological polar surface area (TPSA) is 75.4 Å². The molecule has 2 aromatic rings. The van der Waals surface area contributed by atoms with Crippen LogP contribution in [0.15, 0.2) is 34.9 Å². The normalized spacial score (nSPS) is 12.2. The van der Waals surface area contributed by atoms with Crippen molar-refractivity contribution in [2.45, 2.75) is 13.0 Å². The molecular formula is C13H13FN2O3. The molecule has 1 aromatic carbocycles. The summed E-state index contributed by atoms with van der Waals surface area (Å²) in [5, 5.41) is 15.1. The molecule has 19 heavy (non-hydrogen) atoms. The monoisotopic (exact) mass is 264 g/mol. The van der Waals surface area contributed by atoms with E-state index in [9.17, 15) is 9.18 Å². The van der Waals surface area contributed by atoms with Crippen LogP contribution in [-0.4, -0.2) is 28.8 Å². The number of nitrogens with zero attached hydrogens (tertiary/aromatic N) is 1. The molecule has 0 fully saturated rings. The van der Waals surface area contributed by atoms with E-state index >= 15 is 0 Å². The van der Waals surface area contributed by atoms with Gasteiger partial charge in [0.2, 0.25) is 0 Å². The Morgan fingerprint density at radius 3 is 2.95 bits per heavy atom. The number of rotatable bonds is 4. The zero-order chi connectivity index (χ0) is 13.8. The van der Waals surface area contributed by atoms with Gasteiger partial charge in [0.05, 0.1) is 11.7 Å². The number of aliphatic hydroxyl groups is 1. The van der Waals surface area contributed by atoms with Crippen molar-refractivity contribution in [3.8, 4) is 11.3 Å². The van der Waals surface area contributed by atoms with Gasteiger partial charge in [0, 0.05) is 12.6 Å². The van der Waals surface area contributed by atoms with Crippen LogP contribution in [0, 0.1) is 5.82 Å². The summed E-state index contributed by atoms with van der Waals surface area (Å²) >= 11 is 0. The van der Waals surface area contributed by atoms with Gasteiger partial charge in [0.25, 0.3) is 5.91 Å². The van der Waals surface area contributed by atoms with Crippen molar-refractivity contribution in [1.82, 2.24) is 10.5 Å². The molecule has 5 nitrogen and oxygen atoms in total. The van der Waals surface area contributed by atoms with E-state index in [-0.39, 0.29) is 23.6 Å². The lowest BCUT2D eigenvalue weighted by molar-refractivity contribution is 0.0915. The second-order valence-electron chi connectivity index (χ2n) is 4.12. The lowest BCUT2D eigenvalue weighted by Gasteiger charge is -2.03. The molecule has 0 saturated heterocycles. The molecule has 0 spiro atoms. The molecule has 0 saturated carbocycles. The second-order valence-corrected chi connectivity index (χ2v) is 4.12. The summed E-state index contributed by atoms with van der Waals surface area (Å²) in [7, 11) is 0. The molecule has 2 N–H and O–H groups in total. The molecule has 6 heteroatoms. The Bertz CT molecular complexity index is 581. The summed E-state index contributed by atoms with van der Waals surface area (Å²) < 4.78 is 18.5. The Balaban J connectivity index is 2.15. The van der Waals surface area contributed by atoms with Crippen LogP contribution in [-0.2, 0) is 0 Å². The Morgan fingerprint density at radius 2 is 2.26 bits per heavy atom. The van der Waals surface area contributed by atoms with E-state index in [0.717, 1.165) is 0 Å². The molecule has 0 radical (unpaired) electrons. The number of benzene rings is 1. The highest BCUT2D eigenvalue weighted by Crippen LogP contribution is 2.23. The molecular weight excluding hydrogens is 251 g/mol. The number of amides is 1. The number of carbonyl (C=O) groups excluding carboxylic acids is 1. The lowest BCUT2D eigenvalue weighted by atomic mass is 10.1. The Kier molecular flexibility index (Phi) is 3.91. The van der Waals surface area contributed by atoms with Crippen LogP contribution in [0.1, 0.15) is 17.4 Å². The zero-order valence-electron chi connectivity index (χ0n) is 10.3. The van der Waals surface area contributed by atoms with E-state index in [2.05, 4.69) is 10.5 Å². The maximum atomic E-state index is 13.5. The third-order valence-electron chi connectivity index (χ3n) is 2.44. The minimum absolute atomic E-state index is 0.0407. The number of hydrogen-bond acceptors (Lipinski definition) is 4. The van der Waals surface area contributed by atoms with E-state index in [1.54, 1.807) is 19.1 Å². The summed E-state index contributed by atoms with van der Waals surface area (Å²) in [6.45, 7) is 1.66. The van der Waals surface area contributed by atoms with E-state index in [1.165, 1.54) is 18.2 Å². The van der Waals surface area contributed by atoms with E-state index in [1.807, 2.05) is 0 Å². The van der Waals surface area contributed by atoms with Crippen LogP contribution < -0.4 is 5.32 Å². The fraction of sp³-hybridized carbons (Fsp3) is 0.231. The van der Waals surface area contributed by atoms with Crippen LogP contribution >= 0.6 is 0 Å². The number of halogens is 1. The molecule has 1 heterocycles. The van der Waals surface area contributed by atoms with Crippen LogP contribution in [0.25, 0.3) is 11.3 Å². The molecule has 1 aromatic heterocycles. The minimum atomic E-state index is -0.651. The number of aromatic nitrogens is 1. The van der Waals surface area contributed by atoms with Gasteiger partial charge in [-0.2, -0.15) is 0 Å². The first-order valence-corrected chi connectivity index (χ1v) is 5.76. The van der Waals surface area contributed by atoms with Gasteiger partial charge in [-0.15, -0.1) is 0 Å². The molecule has 2 rings (SSSR count). The van der Waals surface area contributed by atoms with Crippen molar-refractivity contribution in [1.29, 1.82) is 0 Å². The Labute approximate surface area is 109 Å². The van der Waals surface area contributed by atoms with Crippen molar-refractivity contribution >= 4 is 5.91 Å². The fourth-order valence-corrected chi connectivity index (χ4v) is 1.50. The van der Waals surface area contributed by atoms with Crippen LogP contribution in [0.4, 0.5) is 4.39 Å². The average Bonchev–Trinajstić information content (AvgIpc) is 2.86. The van der Waals surface area contributed by atoms with Gasteiger partial charge in [-0.1, -0.05) is 17.3 Å². The van der Waals surface area contributed by atoms with Crippen LogP contribution in [0.3, 0.4) is 0 Å². The Morgan fingerprint density at radius 1 is 1.53 bits per heavy atom. The summed E-state index contributed by atoms with van der Waals surface area (Å²) in [5.74, 6) is -0.748. The molecule has 0 bridgehead atoms. The standard InChI is InChI=1S/C13H13FN2O3/c1-8(17)7-15-13(18)11-6-12(19-16-11)9-4-2-3-5-10(9)14/h2-6,8,17H,7H2,1H3,(H,15,18). The summed E-state index contributed by atoms with van der Waals surface area (Å²) in [5.41, 5.74) is 0.281. The maximum Gasteiger partial charge on any atom is 0.273 e. The first-order valence-electron chi connectivity index (χ1n) is 5.76. The smallest absolute Gasteiger partial charge is 0.273 e. The average molecular weight is 264 g/mol. The number of hydrogen-bond donors (Lipinski definition) is 2. The van der Waals surface area contributed by atoms with Crippen molar-refractivity contribution in [2.24, 2.45) is 0 Å². The van der Waals surface area contributed by atoms with Crippen LogP contribution in [0.2, 0.25) is 0 Å². The van der Waals surface area contributed by atoms with E-state index < -0.39 is 17.8 Å². The lowest BCUT2D eigenvalue weighted by Crippen LogP contribution is -2.30. The summed E-state index contributed by atoms with van der Waals surface area (Å²) in [6.07, 6.45) is -0.651. The van der Waals surface area contributed by atoms with E-state index in [0.29, 0.717) is 0 Å². The van der Waals surface area contributed by atoms with Gasteiger partial charge >= 0.3 is 0 Å². The molecule has 0 aliphatic heterocycles. The third-order valence-corrected chi connectivity index (χ3v) is 2.44. The number of aliphatic hydroxyl groups excluding tert-OH is 1. The van der Waals surface area contributed by atoms with Gasteiger partial charge in [0.1, 0.15) is 5.82 Å². The largest absolute Gasteiger partial charge is 0.392 e. The van der Waals surface area contributed by atoms with Gasteiger partial charge in [-0.25, -0.2) is 4.39 Å². The third kappa shape index (κ3) is 3.17. The molecule has 0 aliphatic carbocycles. The highest BCUT2D eigenvalue weighted by molar-refractivity contribution is 5.93. The SMILES string of the molecule is CC(O)CNC(=O)c1cc(-c2ccccc2F)on1. The maximum absolute atomic E-state index is 13.5. The quantitative estimate of drug-likeness (QED) is 0.879. The van der Waals surface area contributed by atoms with Crippen LogP contribution in [0.5, 0.6) is 0 Å². The van der Waals surface area contributed by atoms with Gasteiger partial charge in [-0.05, 0) is 19.1 Å². The van der Waals surface area contributed by atoms with Gasteiger partial charge in [0.15, 0.2) is 11.5 Å². The highest BCUT2D eigenvalue weighted by atomic mass is 19.1. The Hall–Kier alpha value is -2.21. The fourth-order valence-electron chi connectivity index (χ4n) is 1.50. The zero-order valence-corrected chi connectivity index (χ0v) is 10.3. The highest BCUT2D eigenvalue weighted by Gasteiger charge is 2.15. The second kappa shape index (κ2) is 5.62. The van der Waals surface area contributed by atoms with Crippen molar-refractivity contribution in [3.05, 3.63) is 41.8 Å². The van der Waals surface area contributed by atoms with Crippen molar-refractivity contribution < 1.29 is 18.8 Å². The minimum Gasteiger partial charge on any atom is -0.392 e. The summed E-state index contributed by atoms with van der Waals surface area (Å²) in [4.78, 5) is 11.6. The predicted molar refractivity (Wildman–Crippen MR) is 65.9 cm³/mol. The summed E-state index contributed by atoms with van der Waals surface area (Å²) in [6, 6.07) is 7.41. The molecule has 1 amide bonds. The van der Waals surface area contributed by atoms with Crippen molar-refractivity contribution in [3.63, 3.8) is 0 Å². The van der Waals surface area contributed by atoms with Gasteiger partial charge < -0.3 is 14.9 Å². The van der Waals surface area contributed by atoms with E-state index in [4.69, 9.17) is 9.63 Å².